The van der Waals surface area contributed by atoms with Crippen LogP contribution in [0.4, 0.5) is 0 Å². The Morgan fingerprint density at radius 1 is 1.20 bits per heavy atom. The van der Waals surface area contributed by atoms with Crippen LogP contribution in [0.1, 0.15) is 46.0 Å². The fourth-order valence-electron chi connectivity index (χ4n) is 3.91. The van der Waals surface area contributed by atoms with Crippen LogP contribution in [0.2, 0.25) is 0 Å². The molecule has 3 nitrogen and oxygen atoms in total. The highest BCUT2D eigenvalue weighted by Gasteiger charge is 2.35. The number of hydrogen-bond acceptors (Lipinski definition) is 3. The third-order valence-corrected chi connectivity index (χ3v) is 4.70. The van der Waals surface area contributed by atoms with E-state index < -0.39 is 0 Å². The van der Waals surface area contributed by atoms with Gasteiger partial charge in [0.2, 0.25) is 0 Å². The Hall–Kier alpha value is -0.120. The average molecular weight is 284 g/mol. The summed E-state index contributed by atoms with van der Waals surface area (Å²) in [6.45, 7) is 10.8. The van der Waals surface area contributed by atoms with Crippen molar-refractivity contribution in [2.45, 2.75) is 46.0 Å². The minimum Gasteiger partial charge on any atom is -0.319 e. The molecule has 120 valence electrons. The van der Waals surface area contributed by atoms with Crippen molar-refractivity contribution < 1.29 is 0 Å². The van der Waals surface area contributed by atoms with Gasteiger partial charge in [-0.15, -0.1) is 0 Å². The first-order valence-electron chi connectivity index (χ1n) is 8.53. The molecule has 1 rings (SSSR count). The Bertz CT molecular complexity index is 251. The van der Waals surface area contributed by atoms with Gasteiger partial charge in [0.15, 0.2) is 0 Å². The predicted octanol–water partition coefficient (Wildman–Crippen LogP) is 2.68. The van der Waals surface area contributed by atoms with Gasteiger partial charge in [-0.25, -0.2) is 0 Å². The van der Waals surface area contributed by atoms with Crippen molar-refractivity contribution in [2.24, 2.45) is 11.3 Å². The lowest BCUT2D eigenvalue weighted by molar-refractivity contribution is 0.0782. The van der Waals surface area contributed by atoms with Gasteiger partial charge in [-0.1, -0.05) is 26.7 Å². The van der Waals surface area contributed by atoms with E-state index >= 15 is 0 Å². The van der Waals surface area contributed by atoms with E-state index in [4.69, 9.17) is 0 Å². The quantitative estimate of drug-likeness (QED) is 0.702. The minimum absolute atomic E-state index is 0.508. The van der Waals surface area contributed by atoms with Crippen molar-refractivity contribution in [1.82, 2.24) is 15.1 Å². The van der Waals surface area contributed by atoms with Gasteiger partial charge in [-0.3, -0.25) is 0 Å². The topological polar surface area (TPSA) is 18.5 Å². The molecule has 0 radical (unpaired) electrons. The van der Waals surface area contributed by atoms with Crippen LogP contribution < -0.4 is 5.32 Å². The molecule has 1 fully saturated rings. The van der Waals surface area contributed by atoms with Gasteiger partial charge in [-0.2, -0.15) is 0 Å². The van der Waals surface area contributed by atoms with Gasteiger partial charge in [0.05, 0.1) is 0 Å². The summed E-state index contributed by atoms with van der Waals surface area (Å²) in [4.78, 5) is 5.01. The summed E-state index contributed by atoms with van der Waals surface area (Å²) in [6.07, 6.45) is 6.91. The molecule has 20 heavy (non-hydrogen) atoms. The Kier molecular flexibility index (Phi) is 8.08. The highest BCUT2D eigenvalue weighted by Crippen LogP contribution is 2.39. The number of rotatable bonds is 9. The van der Waals surface area contributed by atoms with Gasteiger partial charge in [0.1, 0.15) is 0 Å². The molecule has 0 aromatic heterocycles. The zero-order valence-electron chi connectivity index (χ0n) is 14.5. The molecular weight excluding hydrogens is 246 g/mol. The minimum atomic E-state index is 0.508. The maximum Gasteiger partial charge on any atom is 0.0109 e. The predicted molar refractivity (Wildman–Crippen MR) is 89.3 cm³/mol. The van der Waals surface area contributed by atoms with Crippen molar-refractivity contribution in [3.63, 3.8) is 0 Å². The zero-order valence-corrected chi connectivity index (χ0v) is 14.5. The molecular formula is C17H37N3. The van der Waals surface area contributed by atoms with Crippen molar-refractivity contribution >= 4 is 0 Å². The first kappa shape index (κ1) is 17.9. The maximum atomic E-state index is 3.47. The monoisotopic (exact) mass is 283 g/mol. The summed E-state index contributed by atoms with van der Waals surface area (Å²) in [7, 11) is 6.47. The molecule has 1 aliphatic rings. The summed E-state index contributed by atoms with van der Waals surface area (Å²) in [6, 6.07) is 0. The second kappa shape index (κ2) is 9.01. The number of hydrogen-bond donors (Lipinski definition) is 1. The standard InChI is InChI=1S/C17H37N3/c1-6-10-20(12-11-19(4)5)15-17(14-18-3)9-7-8-16(2)13-17/h16,18H,6-15H2,1-5H3. The van der Waals surface area contributed by atoms with E-state index in [0.29, 0.717) is 5.41 Å². The fraction of sp³-hybridized carbons (Fsp3) is 1.00. The van der Waals surface area contributed by atoms with Crippen molar-refractivity contribution in [2.75, 3.05) is 53.9 Å². The van der Waals surface area contributed by atoms with Crippen LogP contribution in [0.3, 0.4) is 0 Å². The third-order valence-electron chi connectivity index (χ3n) is 4.70. The molecule has 1 saturated carbocycles. The summed E-state index contributed by atoms with van der Waals surface area (Å²) in [5.74, 6) is 0.898. The lowest BCUT2D eigenvalue weighted by atomic mass is 9.69. The lowest BCUT2D eigenvalue weighted by Crippen LogP contribution is -2.47. The SMILES string of the molecule is CCCN(CCN(C)C)CC1(CNC)CCCC(C)C1. The second-order valence-corrected chi connectivity index (χ2v) is 7.31. The lowest BCUT2D eigenvalue weighted by Gasteiger charge is -2.43. The molecule has 2 unspecified atom stereocenters. The van der Waals surface area contributed by atoms with Crippen molar-refractivity contribution in [1.29, 1.82) is 0 Å². The summed E-state index contributed by atoms with van der Waals surface area (Å²) >= 11 is 0. The fourth-order valence-corrected chi connectivity index (χ4v) is 3.91. The highest BCUT2D eigenvalue weighted by atomic mass is 15.2. The van der Waals surface area contributed by atoms with Crippen LogP contribution in [-0.4, -0.2) is 63.7 Å². The van der Waals surface area contributed by atoms with Crippen LogP contribution in [0.5, 0.6) is 0 Å². The summed E-state index contributed by atoms with van der Waals surface area (Å²) in [5.41, 5.74) is 0.508. The Balaban J connectivity index is 2.63. The molecule has 0 aromatic carbocycles. The van der Waals surface area contributed by atoms with Crippen LogP contribution in [0.15, 0.2) is 0 Å². The molecule has 0 saturated heterocycles. The molecule has 1 aliphatic carbocycles. The van der Waals surface area contributed by atoms with E-state index in [1.54, 1.807) is 0 Å². The largest absolute Gasteiger partial charge is 0.319 e. The normalized spacial score (nSPS) is 27.4. The molecule has 1 N–H and O–H groups in total. The molecule has 0 amide bonds. The smallest absolute Gasteiger partial charge is 0.0109 e. The van der Waals surface area contributed by atoms with E-state index in [9.17, 15) is 0 Å². The van der Waals surface area contributed by atoms with Gasteiger partial charge >= 0.3 is 0 Å². The Morgan fingerprint density at radius 3 is 2.50 bits per heavy atom. The molecule has 3 heteroatoms. The van der Waals surface area contributed by atoms with Crippen molar-refractivity contribution in [3.05, 3.63) is 0 Å². The summed E-state index contributed by atoms with van der Waals surface area (Å²) < 4.78 is 0. The van der Waals surface area contributed by atoms with E-state index in [0.717, 1.165) is 5.92 Å². The highest BCUT2D eigenvalue weighted by molar-refractivity contribution is 4.89. The average Bonchev–Trinajstić information content (AvgIpc) is 2.36. The van der Waals surface area contributed by atoms with Gasteiger partial charge < -0.3 is 15.1 Å². The Labute approximate surface area is 127 Å². The van der Waals surface area contributed by atoms with Crippen LogP contribution in [0, 0.1) is 11.3 Å². The first-order chi connectivity index (χ1) is 9.51. The van der Waals surface area contributed by atoms with Crippen LogP contribution in [0.25, 0.3) is 0 Å². The molecule has 0 bridgehead atoms. The van der Waals surface area contributed by atoms with Gasteiger partial charge in [0, 0.05) is 26.2 Å². The van der Waals surface area contributed by atoms with E-state index in [1.165, 1.54) is 64.8 Å². The van der Waals surface area contributed by atoms with Gasteiger partial charge in [0.25, 0.3) is 0 Å². The van der Waals surface area contributed by atoms with Gasteiger partial charge in [-0.05, 0) is 58.3 Å². The molecule has 2 atom stereocenters. The molecule has 0 heterocycles. The van der Waals surface area contributed by atoms with Crippen LogP contribution >= 0.6 is 0 Å². The number of likely N-dealkylation sites (N-methyl/N-ethyl adjacent to an activating group) is 1. The molecule has 0 aliphatic heterocycles. The van der Waals surface area contributed by atoms with Crippen LogP contribution in [-0.2, 0) is 0 Å². The van der Waals surface area contributed by atoms with E-state index in [2.05, 4.69) is 50.1 Å². The van der Waals surface area contributed by atoms with E-state index in [-0.39, 0.29) is 0 Å². The zero-order chi connectivity index (χ0) is 15.0. The number of nitrogens with zero attached hydrogens (tertiary/aromatic N) is 2. The van der Waals surface area contributed by atoms with E-state index in [1.807, 2.05) is 0 Å². The molecule has 0 spiro atoms. The Morgan fingerprint density at radius 2 is 1.95 bits per heavy atom. The summed E-state index contributed by atoms with van der Waals surface area (Å²) in [5, 5.41) is 3.47. The number of nitrogens with one attached hydrogen (secondary N) is 1. The second-order valence-electron chi connectivity index (χ2n) is 7.31. The third kappa shape index (κ3) is 6.11. The first-order valence-corrected chi connectivity index (χ1v) is 8.53. The van der Waals surface area contributed by atoms with Crippen molar-refractivity contribution in [3.8, 4) is 0 Å². The maximum absolute atomic E-state index is 3.47. The molecule has 0 aromatic rings.